The molecule has 1 heterocycles. The summed E-state index contributed by atoms with van der Waals surface area (Å²) >= 11 is 0. The summed E-state index contributed by atoms with van der Waals surface area (Å²) in [5.74, 6) is -0.341. The molecule has 0 saturated carbocycles. The Kier molecular flexibility index (Phi) is 7.77. The molecule has 2 aliphatic rings. The van der Waals surface area contributed by atoms with E-state index in [-0.39, 0.29) is 24.2 Å². The highest BCUT2D eigenvalue weighted by Gasteiger charge is 2.24. The molecule has 0 bridgehead atoms. The van der Waals surface area contributed by atoms with Gasteiger partial charge in [-0.1, -0.05) is 19.1 Å². The summed E-state index contributed by atoms with van der Waals surface area (Å²) in [5, 5.41) is 2.73. The van der Waals surface area contributed by atoms with Crippen molar-refractivity contribution in [1.82, 2.24) is 14.7 Å². The minimum Gasteiger partial charge on any atom is -0.325 e. The van der Waals surface area contributed by atoms with E-state index in [9.17, 15) is 14.0 Å². The molecule has 6 nitrogen and oxygen atoms in total. The van der Waals surface area contributed by atoms with Gasteiger partial charge in [-0.3, -0.25) is 19.4 Å². The average Bonchev–Trinajstić information content (AvgIpc) is 3.22. The summed E-state index contributed by atoms with van der Waals surface area (Å²) in [6.45, 7) is 6.58. The van der Waals surface area contributed by atoms with Crippen LogP contribution in [0, 0.1) is 5.82 Å². The summed E-state index contributed by atoms with van der Waals surface area (Å²) < 4.78 is 13.2. The number of amides is 2. The fraction of sp³-hybridized carbons (Fsp3) is 0.545. The van der Waals surface area contributed by atoms with Crippen LogP contribution in [0.3, 0.4) is 0 Å². The Hall–Kier alpha value is -2.25. The quantitative estimate of drug-likeness (QED) is 0.726. The van der Waals surface area contributed by atoms with Gasteiger partial charge in [0.25, 0.3) is 0 Å². The summed E-state index contributed by atoms with van der Waals surface area (Å²) in [5.41, 5.74) is 1.65. The Morgan fingerprint density at radius 3 is 2.48 bits per heavy atom. The van der Waals surface area contributed by atoms with Crippen molar-refractivity contribution in [2.24, 2.45) is 0 Å². The lowest BCUT2D eigenvalue weighted by Crippen LogP contribution is -2.51. The number of halogens is 1. The van der Waals surface area contributed by atoms with Gasteiger partial charge in [0.15, 0.2) is 0 Å². The van der Waals surface area contributed by atoms with Crippen LogP contribution in [0.5, 0.6) is 0 Å². The third-order valence-corrected chi connectivity index (χ3v) is 5.41. The van der Waals surface area contributed by atoms with Crippen LogP contribution in [0.15, 0.2) is 36.0 Å². The van der Waals surface area contributed by atoms with E-state index in [2.05, 4.69) is 28.1 Å². The van der Waals surface area contributed by atoms with Gasteiger partial charge in [-0.2, -0.15) is 0 Å². The second-order valence-electron chi connectivity index (χ2n) is 7.74. The topological polar surface area (TPSA) is 55.9 Å². The molecular formula is C22H31FN4O2. The first-order chi connectivity index (χ1) is 14.0. The van der Waals surface area contributed by atoms with E-state index in [0.29, 0.717) is 12.2 Å². The third kappa shape index (κ3) is 6.37. The highest BCUT2D eigenvalue weighted by Crippen LogP contribution is 2.22. The molecule has 0 atom stereocenters. The van der Waals surface area contributed by atoms with Gasteiger partial charge in [0.05, 0.1) is 13.1 Å². The number of nitrogens with one attached hydrogen (secondary N) is 1. The molecule has 0 spiro atoms. The molecule has 1 aromatic rings. The fourth-order valence-corrected chi connectivity index (χ4v) is 3.90. The summed E-state index contributed by atoms with van der Waals surface area (Å²) in [4.78, 5) is 31.2. The van der Waals surface area contributed by atoms with Crippen molar-refractivity contribution in [3.05, 3.63) is 41.9 Å². The van der Waals surface area contributed by atoms with Crippen molar-refractivity contribution in [2.45, 2.75) is 32.6 Å². The minimum atomic E-state index is -0.369. The normalized spacial score (nSPS) is 17.8. The third-order valence-electron chi connectivity index (χ3n) is 5.41. The van der Waals surface area contributed by atoms with E-state index in [1.165, 1.54) is 17.8 Å². The van der Waals surface area contributed by atoms with Crippen LogP contribution in [0.25, 0.3) is 0 Å². The van der Waals surface area contributed by atoms with Crippen LogP contribution in [-0.2, 0) is 9.59 Å². The molecule has 0 radical (unpaired) electrons. The molecule has 2 amide bonds. The van der Waals surface area contributed by atoms with Crippen molar-refractivity contribution < 1.29 is 14.0 Å². The molecule has 0 aromatic heterocycles. The maximum Gasteiger partial charge on any atom is 0.240 e. The van der Waals surface area contributed by atoms with Gasteiger partial charge in [0.2, 0.25) is 11.8 Å². The van der Waals surface area contributed by atoms with E-state index in [1.807, 2.05) is 4.90 Å². The van der Waals surface area contributed by atoms with Gasteiger partial charge in [-0.25, -0.2) is 4.39 Å². The Morgan fingerprint density at radius 2 is 1.86 bits per heavy atom. The number of allylic oxidation sites excluding steroid dienone is 2. The molecule has 1 aliphatic carbocycles. The summed E-state index contributed by atoms with van der Waals surface area (Å²) in [6, 6.07) is 5.90. The van der Waals surface area contributed by atoms with Crippen LogP contribution in [0.1, 0.15) is 32.6 Å². The molecule has 1 fully saturated rings. The predicted molar refractivity (Wildman–Crippen MR) is 112 cm³/mol. The van der Waals surface area contributed by atoms with Gasteiger partial charge in [0.1, 0.15) is 5.82 Å². The number of piperazine rings is 1. The first-order valence-electron chi connectivity index (χ1n) is 10.5. The number of nitrogens with zero attached hydrogens (tertiary/aromatic N) is 3. The van der Waals surface area contributed by atoms with Gasteiger partial charge in [-0.15, -0.1) is 0 Å². The minimum absolute atomic E-state index is 0.151. The molecule has 0 unspecified atom stereocenters. The second kappa shape index (κ2) is 10.5. The molecule has 158 valence electrons. The predicted octanol–water partition coefficient (Wildman–Crippen LogP) is 2.69. The van der Waals surface area contributed by atoms with Crippen LogP contribution in [0.2, 0.25) is 0 Å². The lowest BCUT2D eigenvalue weighted by molar-refractivity contribution is -0.131. The van der Waals surface area contributed by atoms with E-state index in [4.69, 9.17) is 0 Å². The van der Waals surface area contributed by atoms with E-state index >= 15 is 0 Å². The van der Waals surface area contributed by atoms with Crippen molar-refractivity contribution in [3.8, 4) is 0 Å². The zero-order valence-electron chi connectivity index (χ0n) is 17.2. The molecule has 7 heteroatoms. The first-order valence-corrected chi connectivity index (χ1v) is 10.5. The first kappa shape index (κ1) is 21.5. The highest BCUT2D eigenvalue weighted by molar-refractivity contribution is 5.92. The fourth-order valence-electron chi connectivity index (χ4n) is 3.90. The molecule has 1 saturated heterocycles. The van der Waals surface area contributed by atoms with E-state index in [0.717, 1.165) is 58.4 Å². The lowest BCUT2D eigenvalue weighted by atomic mass is 10.2. The van der Waals surface area contributed by atoms with Gasteiger partial charge >= 0.3 is 0 Å². The van der Waals surface area contributed by atoms with Crippen molar-refractivity contribution in [2.75, 3.05) is 51.1 Å². The van der Waals surface area contributed by atoms with Crippen LogP contribution in [0.4, 0.5) is 10.1 Å². The van der Waals surface area contributed by atoms with E-state index < -0.39 is 0 Å². The Labute approximate surface area is 172 Å². The Balaban J connectivity index is 1.42. The van der Waals surface area contributed by atoms with Gasteiger partial charge in [-0.05, 0) is 43.9 Å². The SMILES string of the molecule is CCCN(C(=O)CN1CCN(CC(=O)Nc2cccc(F)c2)CC1)C1=CCCC1. The van der Waals surface area contributed by atoms with Crippen molar-refractivity contribution in [1.29, 1.82) is 0 Å². The average molecular weight is 403 g/mol. The number of hydrogen-bond donors (Lipinski definition) is 1. The largest absolute Gasteiger partial charge is 0.325 e. The maximum atomic E-state index is 13.2. The zero-order chi connectivity index (χ0) is 20.6. The standard InChI is InChI=1S/C22H31FN4O2/c1-2-10-27(20-8-3-4-9-20)22(29)17-26-13-11-25(12-14-26)16-21(28)24-19-7-5-6-18(23)15-19/h5-8,15H,2-4,9-14,16-17H2,1H3,(H,24,28). The molecule has 1 aromatic carbocycles. The zero-order valence-corrected chi connectivity index (χ0v) is 17.2. The molecule has 3 rings (SSSR count). The monoisotopic (exact) mass is 402 g/mol. The molecule has 1 N–H and O–H groups in total. The smallest absolute Gasteiger partial charge is 0.240 e. The van der Waals surface area contributed by atoms with E-state index in [1.54, 1.807) is 12.1 Å². The number of rotatable bonds is 8. The number of hydrogen-bond acceptors (Lipinski definition) is 4. The maximum absolute atomic E-state index is 13.2. The molecule has 1 aliphatic heterocycles. The number of anilines is 1. The van der Waals surface area contributed by atoms with Gasteiger partial charge < -0.3 is 10.2 Å². The molecular weight excluding hydrogens is 371 g/mol. The van der Waals surface area contributed by atoms with Crippen LogP contribution < -0.4 is 5.32 Å². The Bertz CT molecular complexity index is 744. The van der Waals surface area contributed by atoms with Crippen LogP contribution in [-0.4, -0.2) is 72.3 Å². The van der Waals surface area contributed by atoms with Crippen molar-refractivity contribution >= 4 is 17.5 Å². The lowest BCUT2D eigenvalue weighted by Gasteiger charge is -2.35. The number of carbonyl (C=O) groups is 2. The number of benzene rings is 1. The number of carbonyl (C=O) groups excluding carboxylic acids is 2. The highest BCUT2D eigenvalue weighted by atomic mass is 19.1. The van der Waals surface area contributed by atoms with Crippen LogP contribution >= 0.6 is 0 Å². The van der Waals surface area contributed by atoms with Crippen molar-refractivity contribution in [3.63, 3.8) is 0 Å². The Morgan fingerprint density at radius 1 is 1.14 bits per heavy atom. The van der Waals surface area contributed by atoms with Gasteiger partial charge in [0, 0.05) is 44.1 Å². The summed E-state index contributed by atoms with van der Waals surface area (Å²) in [6.07, 6.45) is 6.36. The second-order valence-corrected chi connectivity index (χ2v) is 7.74. The summed E-state index contributed by atoms with van der Waals surface area (Å²) in [7, 11) is 0. The molecule has 29 heavy (non-hydrogen) atoms.